The van der Waals surface area contributed by atoms with Gasteiger partial charge < -0.3 is 10.5 Å². The van der Waals surface area contributed by atoms with Gasteiger partial charge in [0.1, 0.15) is 11.5 Å². The van der Waals surface area contributed by atoms with Crippen molar-refractivity contribution in [3.8, 4) is 0 Å². The number of likely N-dealkylation sites (N-methyl/N-ethyl adjacent to an activating group) is 1. The number of sulfonamides is 1. The zero-order valence-corrected chi connectivity index (χ0v) is 13.0. The molecule has 0 radical (unpaired) electrons. The molecule has 0 aliphatic rings. The Morgan fingerprint density at radius 1 is 1.45 bits per heavy atom. The molecule has 0 saturated carbocycles. The van der Waals surface area contributed by atoms with Crippen molar-refractivity contribution in [3.63, 3.8) is 0 Å². The van der Waals surface area contributed by atoms with Crippen LogP contribution in [0.1, 0.15) is 11.1 Å². The van der Waals surface area contributed by atoms with Gasteiger partial charge in [0.15, 0.2) is 0 Å². The van der Waals surface area contributed by atoms with Crippen LogP contribution in [-0.2, 0) is 19.6 Å². The lowest BCUT2D eigenvalue weighted by atomic mass is 10.1. The van der Waals surface area contributed by atoms with Crippen LogP contribution in [0.15, 0.2) is 23.1 Å². The predicted octanol–water partition coefficient (Wildman–Crippen LogP) is 0.423. The Morgan fingerprint density at radius 2 is 2.05 bits per heavy atom. The molecule has 0 aliphatic carbocycles. The third kappa shape index (κ3) is 3.53. The van der Waals surface area contributed by atoms with Crippen LogP contribution in [0, 0.1) is 6.92 Å². The van der Waals surface area contributed by atoms with E-state index in [-0.39, 0.29) is 16.4 Å². The first kappa shape index (κ1) is 16.5. The standard InChI is InChI=1S/C12H16N2O4S2/c1-8-6-9(12(13)19)4-5-10(8)20(16,17)14(2)7-11(15)18-3/h4-6H,7H2,1-3H3,(H2,13,19). The van der Waals surface area contributed by atoms with E-state index < -0.39 is 16.0 Å². The minimum Gasteiger partial charge on any atom is -0.468 e. The van der Waals surface area contributed by atoms with Gasteiger partial charge in [-0.15, -0.1) is 0 Å². The second kappa shape index (κ2) is 6.29. The molecule has 1 aromatic rings. The van der Waals surface area contributed by atoms with E-state index in [2.05, 4.69) is 4.74 Å². The summed E-state index contributed by atoms with van der Waals surface area (Å²) in [5.41, 5.74) is 6.59. The van der Waals surface area contributed by atoms with E-state index in [4.69, 9.17) is 18.0 Å². The first-order valence-electron chi connectivity index (χ1n) is 5.63. The Hall–Kier alpha value is -1.51. The van der Waals surface area contributed by atoms with Gasteiger partial charge in [0, 0.05) is 12.6 Å². The first-order chi connectivity index (χ1) is 9.20. The van der Waals surface area contributed by atoms with E-state index in [1.807, 2.05) is 0 Å². The fourth-order valence-electron chi connectivity index (χ4n) is 1.59. The van der Waals surface area contributed by atoms with Crippen LogP contribution in [0.4, 0.5) is 0 Å². The van der Waals surface area contributed by atoms with Gasteiger partial charge in [0.25, 0.3) is 0 Å². The van der Waals surface area contributed by atoms with Crippen LogP contribution in [0.25, 0.3) is 0 Å². The number of carbonyl (C=O) groups is 1. The van der Waals surface area contributed by atoms with Crippen molar-refractivity contribution in [2.24, 2.45) is 5.73 Å². The Balaban J connectivity index is 3.16. The summed E-state index contributed by atoms with van der Waals surface area (Å²) in [5.74, 6) is -0.631. The zero-order valence-electron chi connectivity index (χ0n) is 11.4. The second-order valence-corrected chi connectivity index (χ2v) is 6.63. The highest BCUT2D eigenvalue weighted by atomic mass is 32.2. The number of rotatable bonds is 5. The van der Waals surface area contributed by atoms with Gasteiger partial charge in [0.05, 0.1) is 12.0 Å². The molecule has 0 amide bonds. The molecule has 0 heterocycles. The van der Waals surface area contributed by atoms with E-state index >= 15 is 0 Å². The first-order valence-corrected chi connectivity index (χ1v) is 7.48. The van der Waals surface area contributed by atoms with Crippen LogP contribution in [-0.4, -0.2) is 44.4 Å². The number of methoxy groups -OCH3 is 1. The van der Waals surface area contributed by atoms with Crippen molar-refractivity contribution < 1.29 is 17.9 Å². The molecular weight excluding hydrogens is 300 g/mol. The van der Waals surface area contributed by atoms with Gasteiger partial charge in [-0.1, -0.05) is 18.3 Å². The predicted molar refractivity (Wildman–Crippen MR) is 78.9 cm³/mol. The van der Waals surface area contributed by atoms with Gasteiger partial charge in [0.2, 0.25) is 10.0 Å². The number of benzene rings is 1. The molecule has 2 N–H and O–H groups in total. The molecule has 8 heteroatoms. The molecule has 0 saturated heterocycles. The fourth-order valence-corrected chi connectivity index (χ4v) is 3.04. The Morgan fingerprint density at radius 3 is 2.50 bits per heavy atom. The van der Waals surface area contributed by atoms with E-state index in [0.717, 1.165) is 4.31 Å². The Bertz CT molecular complexity index is 641. The molecule has 1 aromatic carbocycles. The third-order valence-electron chi connectivity index (χ3n) is 2.73. The van der Waals surface area contributed by atoms with E-state index in [1.54, 1.807) is 13.0 Å². The highest BCUT2D eigenvalue weighted by molar-refractivity contribution is 7.89. The van der Waals surface area contributed by atoms with Crippen molar-refractivity contribution in [2.75, 3.05) is 20.7 Å². The Kier molecular flexibility index (Phi) is 5.21. The van der Waals surface area contributed by atoms with Gasteiger partial charge in [-0.2, -0.15) is 4.31 Å². The number of nitrogens with zero attached hydrogens (tertiary/aromatic N) is 1. The molecule has 0 fully saturated rings. The van der Waals surface area contributed by atoms with Gasteiger partial charge in [-0.3, -0.25) is 4.79 Å². The van der Waals surface area contributed by atoms with Crippen molar-refractivity contribution in [1.29, 1.82) is 0 Å². The molecule has 0 spiro atoms. The maximum absolute atomic E-state index is 12.3. The number of nitrogens with two attached hydrogens (primary N) is 1. The quantitative estimate of drug-likeness (QED) is 0.625. The Labute approximate surface area is 123 Å². The highest BCUT2D eigenvalue weighted by Crippen LogP contribution is 2.20. The van der Waals surface area contributed by atoms with Gasteiger partial charge in [-0.25, -0.2) is 8.42 Å². The second-order valence-electron chi connectivity index (χ2n) is 4.18. The zero-order chi connectivity index (χ0) is 15.5. The fraction of sp³-hybridized carbons (Fsp3) is 0.333. The smallest absolute Gasteiger partial charge is 0.321 e. The molecular formula is C12H16N2O4S2. The number of aryl methyl sites for hydroxylation is 1. The average molecular weight is 316 g/mol. The summed E-state index contributed by atoms with van der Waals surface area (Å²) in [6.07, 6.45) is 0. The van der Waals surface area contributed by atoms with Crippen LogP contribution < -0.4 is 5.73 Å². The molecule has 20 heavy (non-hydrogen) atoms. The summed E-state index contributed by atoms with van der Waals surface area (Å²) >= 11 is 4.84. The summed E-state index contributed by atoms with van der Waals surface area (Å²) < 4.78 is 30.1. The molecule has 0 atom stereocenters. The summed E-state index contributed by atoms with van der Waals surface area (Å²) in [4.78, 5) is 11.5. The molecule has 110 valence electrons. The normalized spacial score (nSPS) is 11.4. The molecule has 0 aliphatic heterocycles. The molecule has 0 unspecified atom stereocenters. The molecule has 0 bridgehead atoms. The summed E-state index contributed by atoms with van der Waals surface area (Å²) in [6, 6.07) is 4.56. The van der Waals surface area contributed by atoms with Crippen LogP contribution in [0.2, 0.25) is 0 Å². The van der Waals surface area contributed by atoms with Gasteiger partial charge in [-0.05, 0) is 24.6 Å². The van der Waals surface area contributed by atoms with Gasteiger partial charge >= 0.3 is 5.97 Å². The molecule has 0 aromatic heterocycles. The summed E-state index contributed by atoms with van der Waals surface area (Å²) in [5, 5.41) is 0. The lowest BCUT2D eigenvalue weighted by Crippen LogP contribution is -2.33. The maximum Gasteiger partial charge on any atom is 0.321 e. The minimum absolute atomic E-state index is 0.101. The van der Waals surface area contributed by atoms with Crippen LogP contribution in [0.5, 0.6) is 0 Å². The lowest BCUT2D eigenvalue weighted by molar-refractivity contribution is -0.140. The van der Waals surface area contributed by atoms with E-state index in [9.17, 15) is 13.2 Å². The topological polar surface area (TPSA) is 89.7 Å². The molecule has 6 nitrogen and oxygen atoms in total. The van der Waals surface area contributed by atoms with E-state index in [0.29, 0.717) is 11.1 Å². The monoisotopic (exact) mass is 316 g/mol. The number of hydrogen-bond acceptors (Lipinski definition) is 5. The number of carbonyl (C=O) groups excluding carboxylic acids is 1. The number of esters is 1. The van der Waals surface area contributed by atoms with Crippen molar-refractivity contribution >= 4 is 33.2 Å². The number of ether oxygens (including phenoxy) is 1. The SMILES string of the molecule is COC(=O)CN(C)S(=O)(=O)c1ccc(C(N)=S)cc1C. The number of hydrogen-bond donors (Lipinski definition) is 1. The van der Waals surface area contributed by atoms with Crippen molar-refractivity contribution in [2.45, 2.75) is 11.8 Å². The summed E-state index contributed by atoms with van der Waals surface area (Å²) in [6.45, 7) is 1.29. The highest BCUT2D eigenvalue weighted by Gasteiger charge is 2.25. The minimum atomic E-state index is -3.77. The summed E-state index contributed by atoms with van der Waals surface area (Å²) in [7, 11) is -1.26. The van der Waals surface area contributed by atoms with Crippen molar-refractivity contribution in [3.05, 3.63) is 29.3 Å². The number of thiocarbonyl (C=S) groups is 1. The van der Waals surface area contributed by atoms with E-state index in [1.165, 1.54) is 26.3 Å². The maximum atomic E-state index is 12.3. The lowest BCUT2D eigenvalue weighted by Gasteiger charge is -2.17. The van der Waals surface area contributed by atoms with Crippen LogP contribution in [0.3, 0.4) is 0 Å². The average Bonchev–Trinajstić information content (AvgIpc) is 2.37. The largest absolute Gasteiger partial charge is 0.468 e. The van der Waals surface area contributed by atoms with Crippen molar-refractivity contribution in [1.82, 2.24) is 4.31 Å². The van der Waals surface area contributed by atoms with Crippen LogP contribution >= 0.6 is 12.2 Å². The third-order valence-corrected chi connectivity index (χ3v) is 4.93. The molecule has 1 rings (SSSR count).